The molecule has 1 aromatic carbocycles. The molecule has 0 aliphatic carbocycles. The number of carbonyl (C=O) groups is 1. The molecule has 2 nitrogen and oxygen atoms in total. The third kappa shape index (κ3) is 2.95. The van der Waals surface area contributed by atoms with E-state index >= 15 is 0 Å². The van der Waals surface area contributed by atoms with Gasteiger partial charge in [0.1, 0.15) is 0 Å². The lowest BCUT2D eigenvalue weighted by molar-refractivity contribution is -0.136. The number of carboxylic acid groups (broad SMARTS) is 1. The zero-order chi connectivity index (χ0) is 10.0. The number of carboxylic acids is 1. The molecule has 0 aromatic heterocycles. The fourth-order valence-corrected chi connectivity index (χ4v) is 2.05. The normalized spacial score (nSPS) is 10.1. The zero-order valence-electron chi connectivity index (χ0n) is 6.97. The van der Waals surface area contributed by atoms with Crippen molar-refractivity contribution in [3.05, 3.63) is 31.3 Å². The van der Waals surface area contributed by atoms with E-state index in [1.807, 2.05) is 19.1 Å². The second-order valence-electron chi connectivity index (χ2n) is 2.76. The minimum atomic E-state index is -0.795. The molecule has 0 unspecified atom stereocenters. The van der Waals surface area contributed by atoms with Crippen LogP contribution in [-0.2, 0) is 11.2 Å². The molecular formula is C9H8BrIO2. The number of benzene rings is 1. The molecule has 0 aliphatic heterocycles. The van der Waals surface area contributed by atoms with Crippen molar-refractivity contribution in [1.29, 1.82) is 0 Å². The Labute approximate surface area is 98.6 Å². The van der Waals surface area contributed by atoms with E-state index in [1.54, 1.807) is 0 Å². The summed E-state index contributed by atoms with van der Waals surface area (Å²) in [5, 5.41) is 8.63. The van der Waals surface area contributed by atoms with E-state index in [-0.39, 0.29) is 6.42 Å². The molecular weight excluding hydrogens is 347 g/mol. The van der Waals surface area contributed by atoms with Crippen LogP contribution in [0.5, 0.6) is 0 Å². The average Bonchev–Trinajstić information content (AvgIpc) is 1.99. The number of aliphatic carboxylic acids is 1. The second-order valence-corrected chi connectivity index (χ2v) is 4.78. The molecule has 0 amide bonds. The van der Waals surface area contributed by atoms with Crippen molar-refractivity contribution in [1.82, 2.24) is 0 Å². The van der Waals surface area contributed by atoms with E-state index in [9.17, 15) is 4.79 Å². The first-order chi connectivity index (χ1) is 6.00. The highest BCUT2D eigenvalue weighted by Crippen LogP contribution is 2.23. The van der Waals surface area contributed by atoms with Gasteiger partial charge in [-0.1, -0.05) is 0 Å². The van der Waals surface area contributed by atoms with Crippen molar-refractivity contribution in [3.8, 4) is 0 Å². The van der Waals surface area contributed by atoms with E-state index < -0.39 is 5.97 Å². The number of halogens is 2. The lowest BCUT2D eigenvalue weighted by Gasteiger charge is -2.05. The van der Waals surface area contributed by atoms with Crippen LogP contribution in [0.2, 0.25) is 0 Å². The molecule has 0 saturated heterocycles. The summed E-state index contributed by atoms with van der Waals surface area (Å²) in [6, 6.07) is 3.84. The third-order valence-corrected chi connectivity index (χ3v) is 4.01. The van der Waals surface area contributed by atoms with Gasteiger partial charge in [0.15, 0.2) is 0 Å². The van der Waals surface area contributed by atoms with Crippen molar-refractivity contribution in [2.24, 2.45) is 0 Å². The third-order valence-electron chi connectivity index (χ3n) is 1.72. The molecule has 4 heteroatoms. The van der Waals surface area contributed by atoms with Crippen LogP contribution in [0.25, 0.3) is 0 Å². The number of aryl methyl sites for hydroxylation is 1. The standard InChI is InChI=1S/C9H8BrIO2/c1-5-2-8(11)7(10)3-6(5)4-9(12)13/h2-3H,4H2,1H3,(H,12,13). The van der Waals surface area contributed by atoms with Gasteiger partial charge in [-0.25, -0.2) is 0 Å². The van der Waals surface area contributed by atoms with Gasteiger partial charge in [-0.2, -0.15) is 0 Å². The fourth-order valence-electron chi connectivity index (χ4n) is 1.04. The van der Waals surface area contributed by atoms with Gasteiger partial charge in [0.05, 0.1) is 6.42 Å². The van der Waals surface area contributed by atoms with Crippen LogP contribution in [0.1, 0.15) is 11.1 Å². The summed E-state index contributed by atoms with van der Waals surface area (Å²) in [7, 11) is 0. The minimum absolute atomic E-state index is 0.0847. The number of hydrogen-bond acceptors (Lipinski definition) is 1. The SMILES string of the molecule is Cc1cc(I)c(Br)cc1CC(=O)O. The molecule has 1 N–H and O–H groups in total. The van der Waals surface area contributed by atoms with Gasteiger partial charge in [-0.3, -0.25) is 4.79 Å². The topological polar surface area (TPSA) is 37.3 Å². The molecule has 1 rings (SSSR count). The summed E-state index contributed by atoms with van der Waals surface area (Å²) in [5.74, 6) is -0.795. The smallest absolute Gasteiger partial charge is 0.307 e. The largest absolute Gasteiger partial charge is 0.481 e. The predicted octanol–water partition coefficient (Wildman–Crippen LogP) is 2.99. The summed E-state index contributed by atoms with van der Waals surface area (Å²) >= 11 is 5.58. The fraction of sp³-hybridized carbons (Fsp3) is 0.222. The van der Waals surface area contributed by atoms with Gasteiger partial charge in [-0.05, 0) is 68.7 Å². The van der Waals surface area contributed by atoms with Crippen molar-refractivity contribution < 1.29 is 9.90 Å². The van der Waals surface area contributed by atoms with Crippen LogP contribution in [0.4, 0.5) is 0 Å². The summed E-state index contributed by atoms with van der Waals surface area (Å²) in [6.07, 6.45) is 0.0847. The van der Waals surface area contributed by atoms with Crippen molar-refractivity contribution in [2.75, 3.05) is 0 Å². The summed E-state index contributed by atoms with van der Waals surface area (Å²) in [6.45, 7) is 1.92. The van der Waals surface area contributed by atoms with Crippen LogP contribution in [-0.4, -0.2) is 11.1 Å². The Morgan fingerprint density at radius 2 is 2.23 bits per heavy atom. The minimum Gasteiger partial charge on any atom is -0.481 e. The van der Waals surface area contributed by atoms with E-state index in [1.165, 1.54) is 0 Å². The number of hydrogen-bond donors (Lipinski definition) is 1. The summed E-state index contributed by atoms with van der Waals surface area (Å²) in [5.41, 5.74) is 1.88. The van der Waals surface area contributed by atoms with Crippen LogP contribution in [0.3, 0.4) is 0 Å². The summed E-state index contributed by atoms with van der Waals surface area (Å²) < 4.78 is 2.05. The highest BCUT2D eigenvalue weighted by Gasteiger charge is 2.06. The van der Waals surface area contributed by atoms with E-state index in [4.69, 9.17) is 5.11 Å². The van der Waals surface area contributed by atoms with Gasteiger partial charge in [0, 0.05) is 8.04 Å². The van der Waals surface area contributed by atoms with Gasteiger partial charge < -0.3 is 5.11 Å². The first kappa shape index (κ1) is 11.0. The van der Waals surface area contributed by atoms with Crippen molar-refractivity contribution in [3.63, 3.8) is 0 Å². The molecule has 0 bridgehead atoms. The Kier molecular flexibility index (Phi) is 3.73. The van der Waals surface area contributed by atoms with Crippen LogP contribution >= 0.6 is 38.5 Å². The van der Waals surface area contributed by atoms with Gasteiger partial charge in [0.25, 0.3) is 0 Å². The van der Waals surface area contributed by atoms with Crippen LogP contribution in [0, 0.1) is 10.5 Å². The summed E-state index contributed by atoms with van der Waals surface area (Å²) in [4.78, 5) is 10.5. The first-order valence-corrected chi connectivity index (χ1v) is 5.54. The monoisotopic (exact) mass is 354 g/mol. The molecule has 0 radical (unpaired) electrons. The first-order valence-electron chi connectivity index (χ1n) is 3.67. The average molecular weight is 355 g/mol. The van der Waals surface area contributed by atoms with Crippen molar-refractivity contribution >= 4 is 44.5 Å². The molecule has 0 heterocycles. The molecule has 70 valence electrons. The van der Waals surface area contributed by atoms with Gasteiger partial charge >= 0.3 is 5.97 Å². The predicted molar refractivity (Wildman–Crippen MR) is 62.9 cm³/mol. The molecule has 1 aromatic rings. The Hall–Kier alpha value is -0.100. The Morgan fingerprint density at radius 3 is 2.77 bits per heavy atom. The quantitative estimate of drug-likeness (QED) is 0.829. The Morgan fingerprint density at radius 1 is 1.62 bits per heavy atom. The molecule has 13 heavy (non-hydrogen) atoms. The second kappa shape index (κ2) is 4.41. The van der Waals surface area contributed by atoms with Crippen LogP contribution in [0.15, 0.2) is 16.6 Å². The molecule has 0 atom stereocenters. The Balaban J connectivity index is 3.08. The van der Waals surface area contributed by atoms with Crippen molar-refractivity contribution in [2.45, 2.75) is 13.3 Å². The molecule has 0 saturated carbocycles. The maximum Gasteiger partial charge on any atom is 0.307 e. The lowest BCUT2D eigenvalue weighted by Crippen LogP contribution is -2.02. The van der Waals surface area contributed by atoms with E-state index in [0.29, 0.717) is 0 Å². The maximum absolute atomic E-state index is 10.5. The van der Waals surface area contributed by atoms with Gasteiger partial charge in [0.2, 0.25) is 0 Å². The molecule has 0 aliphatic rings. The van der Waals surface area contributed by atoms with E-state index in [0.717, 1.165) is 19.2 Å². The maximum atomic E-state index is 10.5. The Bertz CT molecular complexity index is 350. The lowest BCUT2D eigenvalue weighted by atomic mass is 10.1. The zero-order valence-corrected chi connectivity index (χ0v) is 10.7. The van der Waals surface area contributed by atoms with Crippen LogP contribution < -0.4 is 0 Å². The highest BCUT2D eigenvalue weighted by molar-refractivity contribution is 14.1. The molecule has 0 fully saturated rings. The highest BCUT2D eigenvalue weighted by atomic mass is 127. The number of rotatable bonds is 2. The molecule has 0 spiro atoms. The van der Waals surface area contributed by atoms with Gasteiger partial charge in [-0.15, -0.1) is 0 Å². The van der Waals surface area contributed by atoms with E-state index in [2.05, 4.69) is 38.5 Å².